The molecule has 0 atom stereocenters. The zero-order chi connectivity index (χ0) is 22.6. The quantitative estimate of drug-likeness (QED) is 0.327. The molecule has 1 aliphatic rings. The van der Waals surface area contributed by atoms with E-state index in [1.165, 1.54) is 17.9 Å². The molecule has 0 aliphatic heterocycles. The summed E-state index contributed by atoms with van der Waals surface area (Å²) in [5, 5.41) is 13.0. The lowest BCUT2D eigenvalue weighted by Crippen LogP contribution is -2.39. The fourth-order valence-electron chi connectivity index (χ4n) is 3.13. The summed E-state index contributed by atoms with van der Waals surface area (Å²) < 4.78 is 35.3. The Balaban J connectivity index is 0.00000306. The fraction of sp³-hybridized carbons (Fsp3) is 0.286. The van der Waals surface area contributed by atoms with Crippen LogP contribution in [0.3, 0.4) is 0 Å². The predicted octanol–water partition coefficient (Wildman–Crippen LogP) is 2.17. The number of benzene rings is 2. The van der Waals surface area contributed by atoms with Crippen LogP contribution in [-0.2, 0) is 21.4 Å². The standard InChI is InChI=1S/C21H23N5O5S.ClH/c27-21(24-28)12-25(11-16-7-9-18(10-8-16)26-15-22-14-23-26)32(29,30)20-4-2-1-3-19(20)31-13-17-5-6-17;/h1-4,7-10,14-15,17,28H,5-6,11-13H2,(H,24,27);1H. The number of hydroxylamine groups is 1. The van der Waals surface area contributed by atoms with Gasteiger partial charge in [-0.1, -0.05) is 24.3 Å². The number of carbonyl (C=O) groups excluding carboxylic acids is 1. The molecule has 1 aliphatic carbocycles. The van der Waals surface area contributed by atoms with Gasteiger partial charge >= 0.3 is 0 Å². The molecule has 1 heterocycles. The molecule has 1 saturated carbocycles. The minimum atomic E-state index is -4.11. The third-order valence-electron chi connectivity index (χ3n) is 5.06. The van der Waals surface area contributed by atoms with Gasteiger partial charge in [-0.2, -0.15) is 9.40 Å². The summed E-state index contributed by atoms with van der Waals surface area (Å²) in [6.45, 7) is -0.182. The van der Waals surface area contributed by atoms with E-state index in [-0.39, 0.29) is 29.6 Å². The van der Waals surface area contributed by atoms with E-state index in [2.05, 4.69) is 10.1 Å². The highest BCUT2D eigenvalue weighted by Gasteiger charge is 2.30. The zero-order valence-electron chi connectivity index (χ0n) is 17.6. The highest BCUT2D eigenvalue weighted by molar-refractivity contribution is 7.89. The summed E-state index contributed by atoms with van der Waals surface area (Å²) in [5.74, 6) is -0.148. The number of aromatic nitrogens is 3. The SMILES string of the molecule is Cl.O=C(CN(Cc1ccc(-n2cncn2)cc1)S(=O)(=O)c1ccccc1OCC1CC1)NO. The second kappa shape index (κ2) is 10.8. The number of ether oxygens (including phenoxy) is 1. The molecular formula is C21H24ClN5O5S. The van der Waals surface area contributed by atoms with Gasteiger partial charge in [0.05, 0.1) is 18.8 Å². The molecule has 2 aromatic carbocycles. The summed E-state index contributed by atoms with van der Waals surface area (Å²) in [6.07, 6.45) is 5.11. The first kappa shape index (κ1) is 24.6. The largest absolute Gasteiger partial charge is 0.492 e. The number of hydrogen-bond acceptors (Lipinski definition) is 7. The summed E-state index contributed by atoms with van der Waals surface area (Å²) in [7, 11) is -4.11. The Morgan fingerprint density at radius 2 is 1.91 bits per heavy atom. The number of rotatable bonds is 10. The molecule has 0 saturated heterocycles. The Morgan fingerprint density at radius 3 is 2.55 bits per heavy atom. The van der Waals surface area contributed by atoms with Gasteiger partial charge in [-0.15, -0.1) is 12.4 Å². The average molecular weight is 494 g/mol. The van der Waals surface area contributed by atoms with Crippen LogP contribution in [0.25, 0.3) is 5.69 Å². The van der Waals surface area contributed by atoms with E-state index in [1.807, 2.05) is 0 Å². The summed E-state index contributed by atoms with van der Waals surface area (Å²) in [4.78, 5) is 15.8. The number of halogens is 1. The first-order valence-corrected chi connectivity index (χ1v) is 11.5. The van der Waals surface area contributed by atoms with E-state index < -0.39 is 22.5 Å². The number of amides is 1. The second-order valence-corrected chi connectivity index (χ2v) is 9.42. The molecule has 2 N–H and O–H groups in total. The number of sulfonamides is 1. The normalized spacial score (nSPS) is 13.4. The highest BCUT2D eigenvalue weighted by atomic mass is 35.5. The smallest absolute Gasteiger partial charge is 0.258 e. The number of hydrogen-bond donors (Lipinski definition) is 2. The van der Waals surface area contributed by atoms with Crippen molar-refractivity contribution in [3.8, 4) is 11.4 Å². The van der Waals surface area contributed by atoms with Crippen molar-refractivity contribution in [3.05, 3.63) is 66.7 Å². The number of para-hydroxylation sites is 1. The third-order valence-corrected chi connectivity index (χ3v) is 6.89. The minimum absolute atomic E-state index is 0. The van der Waals surface area contributed by atoms with Crippen LogP contribution in [-0.4, -0.2) is 51.8 Å². The maximum Gasteiger partial charge on any atom is 0.258 e. The van der Waals surface area contributed by atoms with Crippen LogP contribution in [0.15, 0.2) is 66.1 Å². The summed E-state index contributed by atoms with van der Waals surface area (Å²) in [6, 6.07) is 13.4. The third kappa shape index (κ3) is 6.08. The monoisotopic (exact) mass is 493 g/mol. The predicted molar refractivity (Wildman–Crippen MR) is 121 cm³/mol. The van der Waals surface area contributed by atoms with Crippen molar-refractivity contribution in [1.82, 2.24) is 24.5 Å². The maximum absolute atomic E-state index is 13.5. The van der Waals surface area contributed by atoms with Crippen molar-refractivity contribution in [3.63, 3.8) is 0 Å². The van der Waals surface area contributed by atoms with Crippen LogP contribution in [0.5, 0.6) is 5.75 Å². The number of carbonyl (C=O) groups is 1. The molecule has 1 aromatic heterocycles. The van der Waals surface area contributed by atoms with Crippen molar-refractivity contribution in [1.29, 1.82) is 0 Å². The first-order valence-electron chi connectivity index (χ1n) is 10.1. The molecule has 0 radical (unpaired) electrons. The van der Waals surface area contributed by atoms with Gasteiger partial charge in [0.25, 0.3) is 5.91 Å². The molecule has 0 bridgehead atoms. The first-order chi connectivity index (χ1) is 15.5. The van der Waals surface area contributed by atoms with Crippen LogP contribution < -0.4 is 10.2 Å². The Morgan fingerprint density at radius 1 is 1.18 bits per heavy atom. The zero-order valence-corrected chi connectivity index (χ0v) is 19.2. The lowest BCUT2D eigenvalue weighted by molar-refractivity contribution is -0.129. The van der Waals surface area contributed by atoms with Crippen molar-refractivity contribution < 1.29 is 23.2 Å². The molecular weight excluding hydrogens is 470 g/mol. The van der Waals surface area contributed by atoms with Crippen molar-refractivity contribution >= 4 is 28.3 Å². The van der Waals surface area contributed by atoms with Gasteiger partial charge < -0.3 is 4.74 Å². The van der Waals surface area contributed by atoms with Gasteiger partial charge in [0.2, 0.25) is 10.0 Å². The van der Waals surface area contributed by atoms with Crippen molar-refractivity contribution in [2.75, 3.05) is 13.2 Å². The van der Waals surface area contributed by atoms with E-state index in [9.17, 15) is 13.2 Å². The van der Waals surface area contributed by atoms with Crippen LogP contribution in [0, 0.1) is 5.92 Å². The second-order valence-electron chi connectivity index (χ2n) is 7.52. The van der Waals surface area contributed by atoms with E-state index in [4.69, 9.17) is 9.94 Å². The van der Waals surface area contributed by atoms with E-state index in [0.29, 0.717) is 18.1 Å². The van der Waals surface area contributed by atoms with Gasteiger partial charge in [-0.05, 0) is 48.6 Å². The van der Waals surface area contributed by atoms with E-state index >= 15 is 0 Å². The maximum atomic E-state index is 13.5. The molecule has 176 valence electrons. The average Bonchev–Trinajstić information content (AvgIpc) is 3.48. The fourth-order valence-corrected chi connectivity index (χ4v) is 4.65. The van der Waals surface area contributed by atoms with Gasteiger partial charge in [-0.25, -0.2) is 23.6 Å². The van der Waals surface area contributed by atoms with E-state index in [1.54, 1.807) is 53.5 Å². The Bertz CT molecular complexity index is 1170. The number of nitrogens with zero attached hydrogens (tertiary/aromatic N) is 4. The molecule has 33 heavy (non-hydrogen) atoms. The van der Waals surface area contributed by atoms with Crippen LogP contribution in [0.1, 0.15) is 18.4 Å². The van der Waals surface area contributed by atoms with Gasteiger partial charge in [0.1, 0.15) is 23.3 Å². The molecule has 10 nitrogen and oxygen atoms in total. The molecule has 1 fully saturated rings. The van der Waals surface area contributed by atoms with Crippen molar-refractivity contribution in [2.45, 2.75) is 24.3 Å². The van der Waals surface area contributed by atoms with Gasteiger partial charge in [-0.3, -0.25) is 10.0 Å². The molecule has 12 heteroatoms. The van der Waals surface area contributed by atoms with Crippen LogP contribution >= 0.6 is 12.4 Å². The molecule has 0 unspecified atom stereocenters. The molecule has 1 amide bonds. The van der Waals surface area contributed by atoms with E-state index in [0.717, 1.165) is 22.8 Å². The molecule has 4 rings (SSSR count). The summed E-state index contributed by atoms with van der Waals surface area (Å²) in [5.41, 5.74) is 2.91. The van der Waals surface area contributed by atoms with Gasteiger partial charge in [0, 0.05) is 6.54 Å². The van der Waals surface area contributed by atoms with Gasteiger partial charge in [0.15, 0.2) is 0 Å². The molecule has 0 spiro atoms. The topological polar surface area (TPSA) is 127 Å². The summed E-state index contributed by atoms with van der Waals surface area (Å²) >= 11 is 0. The van der Waals surface area contributed by atoms with Crippen LogP contribution in [0.2, 0.25) is 0 Å². The highest BCUT2D eigenvalue weighted by Crippen LogP contribution is 2.32. The molecule has 3 aromatic rings. The Hall–Kier alpha value is -2.99. The van der Waals surface area contributed by atoms with Crippen LogP contribution in [0.4, 0.5) is 0 Å². The minimum Gasteiger partial charge on any atom is -0.492 e. The number of nitrogens with one attached hydrogen (secondary N) is 1. The Kier molecular flexibility index (Phi) is 8.03. The Labute approximate surface area is 197 Å². The van der Waals surface area contributed by atoms with Crippen molar-refractivity contribution in [2.24, 2.45) is 5.92 Å². The lowest BCUT2D eigenvalue weighted by Gasteiger charge is -2.23. The lowest BCUT2D eigenvalue weighted by atomic mass is 10.2.